The molecule has 0 amide bonds. The van der Waals surface area contributed by atoms with E-state index in [0.29, 0.717) is 28.1 Å². The zero-order valence-electron chi connectivity index (χ0n) is 15.5. The number of aromatic nitrogens is 1. The van der Waals surface area contributed by atoms with Crippen LogP contribution in [0.15, 0.2) is 63.9 Å². The maximum Gasteiger partial charge on any atom is 0.243 e. The van der Waals surface area contributed by atoms with E-state index in [1.165, 1.54) is 11.3 Å². The van der Waals surface area contributed by atoms with Crippen LogP contribution in [0.1, 0.15) is 18.4 Å². The van der Waals surface area contributed by atoms with E-state index in [-0.39, 0.29) is 0 Å². The second-order valence-corrected chi connectivity index (χ2v) is 9.83. The van der Waals surface area contributed by atoms with Crippen LogP contribution in [0.5, 0.6) is 0 Å². The van der Waals surface area contributed by atoms with Crippen LogP contribution in [0.25, 0.3) is 11.3 Å². The molecule has 9 heteroatoms. The molecule has 0 radical (unpaired) electrons. The molecule has 1 fully saturated rings. The average molecular weight is 447 g/mol. The van der Waals surface area contributed by atoms with E-state index in [4.69, 9.17) is 11.6 Å². The van der Waals surface area contributed by atoms with Gasteiger partial charge >= 0.3 is 0 Å². The third-order valence-electron chi connectivity index (χ3n) is 4.60. The van der Waals surface area contributed by atoms with Crippen molar-refractivity contribution in [2.24, 2.45) is 5.10 Å². The summed E-state index contributed by atoms with van der Waals surface area (Å²) in [6, 6.07) is 14.2. The minimum absolute atomic E-state index is 0.323. The molecule has 4 rings (SSSR count). The van der Waals surface area contributed by atoms with Gasteiger partial charge in [0.15, 0.2) is 0 Å². The van der Waals surface area contributed by atoms with Crippen LogP contribution < -0.4 is 5.43 Å². The molecule has 1 aromatic heterocycles. The number of sulfonamides is 1. The number of nitrogens with one attached hydrogen (secondary N) is 1. The molecule has 1 saturated heterocycles. The number of halogens is 1. The lowest BCUT2D eigenvalue weighted by Crippen LogP contribution is -2.27. The number of anilines is 1. The topological polar surface area (TPSA) is 74.7 Å². The summed E-state index contributed by atoms with van der Waals surface area (Å²) in [4.78, 5) is 4.83. The minimum Gasteiger partial charge on any atom is -0.253 e. The molecular weight excluding hydrogens is 428 g/mol. The van der Waals surface area contributed by atoms with Crippen LogP contribution in [-0.2, 0) is 10.0 Å². The molecule has 1 N–H and O–H groups in total. The summed E-state index contributed by atoms with van der Waals surface area (Å²) in [5, 5.41) is 7.42. The molecule has 0 bridgehead atoms. The third kappa shape index (κ3) is 4.67. The quantitative estimate of drug-likeness (QED) is 0.440. The fourth-order valence-corrected chi connectivity index (χ4v) is 5.36. The Bertz CT molecular complexity index is 1100. The monoisotopic (exact) mass is 446 g/mol. The Balaban J connectivity index is 1.43. The first kappa shape index (κ1) is 20.0. The maximum absolute atomic E-state index is 12.6. The van der Waals surface area contributed by atoms with Gasteiger partial charge in [-0.1, -0.05) is 35.9 Å². The largest absolute Gasteiger partial charge is 0.253 e. The fraction of sp³-hybridized carbons (Fsp3) is 0.200. The van der Waals surface area contributed by atoms with Crippen LogP contribution in [-0.4, -0.2) is 37.0 Å². The Morgan fingerprint density at radius 3 is 2.45 bits per heavy atom. The van der Waals surface area contributed by atoms with Crippen molar-refractivity contribution in [1.82, 2.24) is 9.29 Å². The first-order chi connectivity index (χ1) is 14.0. The van der Waals surface area contributed by atoms with E-state index in [9.17, 15) is 8.42 Å². The van der Waals surface area contributed by atoms with Crippen molar-refractivity contribution in [2.75, 3.05) is 18.5 Å². The summed E-state index contributed by atoms with van der Waals surface area (Å²) in [7, 11) is -3.40. The molecule has 1 aliphatic rings. The molecule has 2 heterocycles. The molecule has 3 aromatic rings. The maximum atomic E-state index is 12.6. The zero-order valence-corrected chi connectivity index (χ0v) is 17.8. The number of hydrogen-bond acceptors (Lipinski definition) is 6. The van der Waals surface area contributed by atoms with Gasteiger partial charge < -0.3 is 0 Å². The first-order valence-corrected chi connectivity index (χ1v) is 11.8. The van der Waals surface area contributed by atoms with Crippen LogP contribution in [0.4, 0.5) is 5.13 Å². The lowest BCUT2D eigenvalue weighted by atomic mass is 10.2. The third-order valence-corrected chi connectivity index (χ3v) is 7.51. The van der Waals surface area contributed by atoms with Gasteiger partial charge in [-0.2, -0.15) is 9.41 Å². The number of hydrazone groups is 1. The number of benzene rings is 2. The van der Waals surface area contributed by atoms with Crippen LogP contribution in [0.2, 0.25) is 5.02 Å². The smallest absolute Gasteiger partial charge is 0.243 e. The molecule has 0 spiro atoms. The van der Waals surface area contributed by atoms with Crippen molar-refractivity contribution in [3.8, 4) is 11.3 Å². The van der Waals surface area contributed by atoms with Crippen molar-refractivity contribution >= 4 is 44.3 Å². The van der Waals surface area contributed by atoms with Crippen molar-refractivity contribution in [3.05, 3.63) is 64.5 Å². The van der Waals surface area contributed by atoms with E-state index in [2.05, 4.69) is 15.5 Å². The average Bonchev–Trinajstić information content (AvgIpc) is 3.42. The van der Waals surface area contributed by atoms with Crippen molar-refractivity contribution < 1.29 is 8.42 Å². The molecule has 150 valence electrons. The van der Waals surface area contributed by atoms with Crippen molar-refractivity contribution in [3.63, 3.8) is 0 Å². The lowest BCUT2D eigenvalue weighted by Gasteiger charge is -2.15. The van der Waals surface area contributed by atoms with Crippen molar-refractivity contribution in [1.29, 1.82) is 0 Å². The summed E-state index contributed by atoms with van der Waals surface area (Å²) in [6.07, 6.45) is 3.54. The Morgan fingerprint density at radius 1 is 1.07 bits per heavy atom. The molecule has 0 atom stereocenters. The Morgan fingerprint density at radius 2 is 1.76 bits per heavy atom. The summed E-state index contributed by atoms with van der Waals surface area (Å²) in [5.41, 5.74) is 5.46. The summed E-state index contributed by atoms with van der Waals surface area (Å²) in [6.45, 7) is 1.20. The second-order valence-electron chi connectivity index (χ2n) is 6.60. The molecular formula is C20H19ClN4O2S2. The second kappa shape index (κ2) is 8.62. The summed E-state index contributed by atoms with van der Waals surface area (Å²) in [5.74, 6) is 0. The normalized spacial score (nSPS) is 15.2. The van der Waals surface area contributed by atoms with Crippen molar-refractivity contribution in [2.45, 2.75) is 17.7 Å². The molecule has 29 heavy (non-hydrogen) atoms. The molecule has 0 unspecified atom stereocenters. The molecule has 0 aliphatic carbocycles. The van der Waals surface area contributed by atoms with Gasteiger partial charge in [0.25, 0.3) is 0 Å². The highest BCUT2D eigenvalue weighted by Crippen LogP contribution is 2.27. The van der Waals surface area contributed by atoms with Gasteiger partial charge in [-0.15, -0.1) is 11.3 Å². The van der Waals surface area contributed by atoms with E-state index >= 15 is 0 Å². The Hall–Kier alpha value is -2.26. The highest BCUT2D eigenvalue weighted by molar-refractivity contribution is 7.89. The SMILES string of the molecule is O=S(=O)(c1ccc(-c2csc(NN=Cc3ccc(Cl)cc3)n2)cc1)N1CCCC1. The summed E-state index contributed by atoms with van der Waals surface area (Å²) < 4.78 is 26.8. The molecule has 0 saturated carbocycles. The molecule has 2 aromatic carbocycles. The van der Waals surface area contributed by atoms with E-state index in [1.807, 2.05) is 17.5 Å². The fourth-order valence-electron chi connectivity index (χ4n) is 3.04. The minimum atomic E-state index is -3.40. The van der Waals surface area contributed by atoms with Gasteiger partial charge in [0.05, 0.1) is 16.8 Å². The highest BCUT2D eigenvalue weighted by atomic mass is 35.5. The highest BCUT2D eigenvalue weighted by Gasteiger charge is 2.26. The van der Waals surface area contributed by atoms with E-state index in [1.54, 1.807) is 46.9 Å². The number of nitrogens with zero attached hydrogens (tertiary/aromatic N) is 3. The van der Waals surface area contributed by atoms with Gasteiger partial charge in [0.1, 0.15) is 0 Å². The standard InChI is InChI=1S/C20H19ClN4O2S2/c21-17-7-3-15(4-8-17)13-22-24-20-23-19(14-28-20)16-5-9-18(10-6-16)29(26,27)25-11-1-2-12-25/h3-10,13-14H,1-2,11-12H2,(H,23,24). The molecule has 6 nitrogen and oxygen atoms in total. The summed E-state index contributed by atoms with van der Waals surface area (Å²) >= 11 is 7.29. The van der Waals surface area contributed by atoms with E-state index in [0.717, 1.165) is 29.7 Å². The lowest BCUT2D eigenvalue weighted by molar-refractivity contribution is 0.477. The van der Waals surface area contributed by atoms with Gasteiger partial charge in [-0.3, -0.25) is 5.43 Å². The predicted octanol–water partition coefficient (Wildman–Crippen LogP) is 4.69. The zero-order chi connectivity index (χ0) is 20.3. The number of thiazole rings is 1. The van der Waals surface area contributed by atoms with Gasteiger partial charge in [0.2, 0.25) is 15.2 Å². The van der Waals surface area contributed by atoms with Crippen LogP contribution in [0, 0.1) is 0 Å². The number of hydrogen-bond donors (Lipinski definition) is 1. The van der Waals surface area contributed by atoms with E-state index < -0.39 is 10.0 Å². The number of rotatable bonds is 6. The Kier molecular flexibility index (Phi) is 5.96. The van der Waals surface area contributed by atoms with Gasteiger partial charge in [-0.25, -0.2) is 13.4 Å². The first-order valence-electron chi connectivity index (χ1n) is 9.13. The van der Waals surface area contributed by atoms with Gasteiger partial charge in [-0.05, 0) is 42.7 Å². The van der Waals surface area contributed by atoms with Gasteiger partial charge in [0, 0.05) is 29.1 Å². The predicted molar refractivity (Wildman–Crippen MR) is 118 cm³/mol. The molecule has 1 aliphatic heterocycles. The Labute approximate surface area is 178 Å². The van der Waals surface area contributed by atoms with Crippen LogP contribution >= 0.6 is 22.9 Å². The van der Waals surface area contributed by atoms with Crippen LogP contribution in [0.3, 0.4) is 0 Å².